The number of hydrogen-bond acceptors (Lipinski definition) is 3. The molecule has 1 saturated heterocycles. The highest BCUT2D eigenvalue weighted by molar-refractivity contribution is 7.07. The zero-order chi connectivity index (χ0) is 8.55. The summed E-state index contributed by atoms with van der Waals surface area (Å²) in [5.74, 6) is 0. The molecular formula is C8H11NO2S. The SMILES string of the molecule is Cc1csc(=O)n1CCC1CO1. The van der Waals surface area contributed by atoms with E-state index < -0.39 is 0 Å². The van der Waals surface area contributed by atoms with Crippen molar-refractivity contribution in [2.24, 2.45) is 0 Å². The normalized spacial score (nSPS) is 21.2. The second kappa shape index (κ2) is 3.03. The van der Waals surface area contributed by atoms with E-state index in [1.807, 2.05) is 16.9 Å². The minimum atomic E-state index is 0.146. The van der Waals surface area contributed by atoms with Crippen molar-refractivity contribution in [2.45, 2.75) is 26.0 Å². The lowest BCUT2D eigenvalue weighted by Gasteiger charge is -2.00. The molecule has 1 unspecified atom stereocenters. The Morgan fingerprint density at radius 2 is 2.58 bits per heavy atom. The lowest BCUT2D eigenvalue weighted by Crippen LogP contribution is -2.15. The Kier molecular flexibility index (Phi) is 2.02. The molecule has 1 fully saturated rings. The summed E-state index contributed by atoms with van der Waals surface area (Å²) in [7, 11) is 0. The molecule has 0 saturated carbocycles. The number of epoxide rings is 1. The molecule has 1 aromatic rings. The van der Waals surface area contributed by atoms with Crippen LogP contribution in [-0.4, -0.2) is 17.3 Å². The molecule has 1 aromatic heterocycles. The van der Waals surface area contributed by atoms with Crippen molar-refractivity contribution in [2.75, 3.05) is 6.61 Å². The van der Waals surface area contributed by atoms with Gasteiger partial charge in [-0.2, -0.15) is 0 Å². The summed E-state index contributed by atoms with van der Waals surface area (Å²) in [5.41, 5.74) is 1.06. The Morgan fingerprint density at radius 3 is 3.08 bits per heavy atom. The lowest BCUT2D eigenvalue weighted by atomic mass is 10.3. The second-order valence-corrected chi connectivity index (χ2v) is 3.86. The van der Waals surface area contributed by atoms with E-state index >= 15 is 0 Å². The molecule has 0 N–H and O–H groups in total. The van der Waals surface area contributed by atoms with Gasteiger partial charge in [-0.3, -0.25) is 4.79 Å². The van der Waals surface area contributed by atoms with Gasteiger partial charge in [0.15, 0.2) is 0 Å². The Bertz CT molecular complexity index is 324. The third-order valence-electron chi connectivity index (χ3n) is 2.05. The third-order valence-corrected chi connectivity index (χ3v) is 2.93. The Labute approximate surface area is 74.6 Å². The summed E-state index contributed by atoms with van der Waals surface area (Å²) in [4.78, 5) is 11.4. The van der Waals surface area contributed by atoms with E-state index in [0.29, 0.717) is 6.10 Å². The van der Waals surface area contributed by atoms with Gasteiger partial charge in [0.25, 0.3) is 0 Å². The van der Waals surface area contributed by atoms with Crippen LogP contribution in [0.4, 0.5) is 0 Å². The number of hydrogen-bond donors (Lipinski definition) is 0. The summed E-state index contributed by atoms with van der Waals surface area (Å²) < 4.78 is 6.89. The smallest absolute Gasteiger partial charge is 0.307 e. The molecule has 0 spiro atoms. The molecule has 0 bridgehead atoms. The summed E-state index contributed by atoms with van der Waals surface area (Å²) in [6.07, 6.45) is 1.38. The molecule has 1 aliphatic heterocycles. The summed E-state index contributed by atoms with van der Waals surface area (Å²) >= 11 is 1.27. The molecular weight excluding hydrogens is 174 g/mol. The fraction of sp³-hybridized carbons (Fsp3) is 0.625. The van der Waals surface area contributed by atoms with Crippen molar-refractivity contribution in [1.82, 2.24) is 4.57 Å². The van der Waals surface area contributed by atoms with Gasteiger partial charge in [-0.25, -0.2) is 0 Å². The van der Waals surface area contributed by atoms with E-state index in [2.05, 4.69) is 0 Å². The van der Waals surface area contributed by atoms with Gasteiger partial charge < -0.3 is 9.30 Å². The van der Waals surface area contributed by atoms with E-state index in [0.717, 1.165) is 25.3 Å². The molecule has 66 valence electrons. The van der Waals surface area contributed by atoms with Gasteiger partial charge in [0.05, 0.1) is 12.7 Å². The number of ether oxygens (including phenoxy) is 1. The van der Waals surface area contributed by atoms with E-state index in [1.54, 1.807) is 0 Å². The zero-order valence-electron chi connectivity index (χ0n) is 6.95. The van der Waals surface area contributed by atoms with Crippen LogP contribution in [0.2, 0.25) is 0 Å². The molecule has 0 aliphatic carbocycles. The predicted molar refractivity (Wildman–Crippen MR) is 47.7 cm³/mol. The average molecular weight is 185 g/mol. The standard InChI is InChI=1S/C8H11NO2S/c1-6-5-12-8(10)9(6)3-2-7-4-11-7/h5,7H,2-4H2,1H3. The van der Waals surface area contributed by atoms with E-state index in [1.165, 1.54) is 11.3 Å². The minimum Gasteiger partial charge on any atom is -0.373 e. The predicted octanol–water partition coefficient (Wildman–Crippen LogP) is 1.01. The van der Waals surface area contributed by atoms with Gasteiger partial charge in [-0.1, -0.05) is 11.3 Å². The number of nitrogens with zero attached hydrogens (tertiary/aromatic N) is 1. The second-order valence-electron chi connectivity index (χ2n) is 3.04. The topological polar surface area (TPSA) is 34.5 Å². The maximum absolute atomic E-state index is 11.2. The minimum absolute atomic E-state index is 0.146. The highest BCUT2D eigenvalue weighted by atomic mass is 32.1. The van der Waals surface area contributed by atoms with Crippen LogP contribution in [0.3, 0.4) is 0 Å². The van der Waals surface area contributed by atoms with Gasteiger partial charge >= 0.3 is 4.87 Å². The third kappa shape index (κ3) is 1.59. The first-order valence-corrected chi connectivity index (χ1v) is 4.92. The van der Waals surface area contributed by atoms with Crippen LogP contribution in [0.1, 0.15) is 12.1 Å². The fourth-order valence-corrected chi connectivity index (χ4v) is 1.94. The maximum Gasteiger partial charge on any atom is 0.307 e. The monoisotopic (exact) mass is 185 g/mol. The van der Waals surface area contributed by atoms with Crippen LogP contribution in [0.15, 0.2) is 10.2 Å². The molecule has 2 rings (SSSR count). The van der Waals surface area contributed by atoms with Crippen LogP contribution in [0, 0.1) is 6.92 Å². The van der Waals surface area contributed by atoms with Gasteiger partial charge in [0, 0.05) is 17.6 Å². The highest BCUT2D eigenvalue weighted by Crippen LogP contribution is 2.14. The van der Waals surface area contributed by atoms with Crippen molar-refractivity contribution < 1.29 is 4.74 Å². The number of thiazole rings is 1. The van der Waals surface area contributed by atoms with Crippen molar-refractivity contribution in [1.29, 1.82) is 0 Å². The quantitative estimate of drug-likeness (QED) is 0.659. The van der Waals surface area contributed by atoms with Gasteiger partial charge in [0.1, 0.15) is 0 Å². The molecule has 12 heavy (non-hydrogen) atoms. The van der Waals surface area contributed by atoms with Crippen molar-refractivity contribution in [3.05, 3.63) is 20.7 Å². The van der Waals surface area contributed by atoms with Crippen LogP contribution in [0.5, 0.6) is 0 Å². The Hall–Kier alpha value is -0.610. The van der Waals surface area contributed by atoms with Crippen LogP contribution < -0.4 is 4.87 Å². The van der Waals surface area contributed by atoms with Crippen molar-refractivity contribution in [3.8, 4) is 0 Å². The maximum atomic E-state index is 11.2. The van der Waals surface area contributed by atoms with Crippen molar-refractivity contribution >= 4 is 11.3 Å². The van der Waals surface area contributed by atoms with Gasteiger partial charge in [0.2, 0.25) is 0 Å². The first-order chi connectivity index (χ1) is 5.77. The summed E-state index contributed by atoms with van der Waals surface area (Å²) in [5, 5.41) is 1.90. The molecule has 3 nitrogen and oxygen atoms in total. The number of aryl methyl sites for hydroxylation is 1. The summed E-state index contributed by atoms with van der Waals surface area (Å²) in [6.45, 7) is 3.64. The Morgan fingerprint density at radius 1 is 1.83 bits per heavy atom. The molecule has 4 heteroatoms. The van der Waals surface area contributed by atoms with E-state index in [9.17, 15) is 4.79 Å². The first-order valence-electron chi connectivity index (χ1n) is 4.04. The largest absolute Gasteiger partial charge is 0.373 e. The van der Waals surface area contributed by atoms with Crippen LogP contribution in [-0.2, 0) is 11.3 Å². The van der Waals surface area contributed by atoms with E-state index in [4.69, 9.17) is 4.74 Å². The summed E-state index contributed by atoms with van der Waals surface area (Å²) in [6, 6.07) is 0. The average Bonchev–Trinajstić information content (AvgIpc) is 2.80. The highest BCUT2D eigenvalue weighted by Gasteiger charge is 2.22. The van der Waals surface area contributed by atoms with Gasteiger partial charge in [-0.15, -0.1) is 0 Å². The molecule has 0 radical (unpaired) electrons. The number of aromatic nitrogens is 1. The molecule has 2 heterocycles. The molecule has 0 amide bonds. The molecule has 0 aromatic carbocycles. The lowest BCUT2D eigenvalue weighted by molar-refractivity contribution is 0.383. The van der Waals surface area contributed by atoms with Crippen LogP contribution >= 0.6 is 11.3 Å². The van der Waals surface area contributed by atoms with Gasteiger partial charge in [-0.05, 0) is 13.3 Å². The number of rotatable bonds is 3. The molecule has 1 atom stereocenters. The van der Waals surface area contributed by atoms with Crippen molar-refractivity contribution in [3.63, 3.8) is 0 Å². The molecule has 1 aliphatic rings. The zero-order valence-corrected chi connectivity index (χ0v) is 7.76. The fourth-order valence-electron chi connectivity index (χ4n) is 1.18. The van der Waals surface area contributed by atoms with Crippen LogP contribution in [0.25, 0.3) is 0 Å². The first kappa shape index (κ1) is 8.01. The Balaban J connectivity index is 2.04. The van der Waals surface area contributed by atoms with E-state index in [-0.39, 0.29) is 4.87 Å².